The summed E-state index contributed by atoms with van der Waals surface area (Å²) in [5, 5.41) is 19.4. The maximum Gasteiger partial charge on any atom is 0.108 e. The minimum atomic E-state index is -1.24. The second-order valence-electron chi connectivity index (χ2n) is 3.85. The highest BCUT2D eigenvalue weighted by Crippen LogP contribution is 2.25. The van der Waals surface area contributed by atoms with Crippen molar-refractivity contribution >= 4 is 23.2 Å². The molecule has 2 N–H and O–H groups in total. The van der Waals surface area contributed by atoms with Crippen LogP contribution in [0.1, 0.15) is 12.5 Å². The zero-order valence-electron chi connectivity index (χ0n) is 8.91. The van der Waals surface area contributed by atoms with E-state index in [0.29, 0.717) is 15.6 Å². The summed E-state index contributed by atoms with van der Waals surface area (Å²) in [6, 6.07) is 5.19. The molecule has 1 aromatic carbocycles. The Labute approximate surface area is 105 Å². The number of hydrogen-bond donors (Lipinski definition) is 2. The monoisotopic (exact) mass is 264 g/mol. The molecule has 1 atom stereocenters. The number of rotatable bonds is 5. The summed E-state index contributed by atoms with van der Waals surface area (Å²) in [6.07, 6.45) is 0. The fraction of sp³-hybridized carbons (Fsp3) is 0.455. The molecule has 16 heavy (non-hydrogen) atoms. The molecule has 0 aromatic heterocycles. The Balaban J connectivity index is 2.56. The van der Waals surface area contributed by atoms with Gasteiger partial charge in [0.1, 0.15) is 5.60 Å². The maximum absolute atomic E-state index is 9.50. The standard InChI is InChI=1S/C11H14Cl2O3/c1-11(15,6-14)7-16-5-8-9(12)3-2-4-10(8)13/h2-4,14-15H,5-7H2,1H3. The summed E-state index contributed by atoms with van der Waals surface area (Å²) in [5.74, 6) is 0. The van der Waals surface area contributed by atoms with Crippen LogP contribution in [0, 0.1) is 0 Å². The maximum atomic E-state index is 9.50. The molecule has 1 rings (SSSR count). The van der Waals surface area contributed by atoms with Gasteiger partial charge >= 0.3 is 0 Å². The van der Waals surface area contributed by atoms with Gasteiger partial charge in [-0.05, 0) is 19.1 Å². The average Bonchev–Trinajstić information content (AvgIpc) is 2.22. The minimum absolute atomic E-state index is 0.0189. The van der Waals surface area contributed by atoms with Gasteiger partial charge in [0.25, 0.3) is 0 Å². The molecule has 0 radical (unpaired) electrons. The van der Waals surface area contributed by atoms with Gasteiger partial charge in [-0.15, -0.1) is 0 Å². The van der Waals surface area contributed by atoms with Crippen LogP contribution in [-0.4, -0.2) is 29.0 Å². The number of aliphatic hydroxyl groups excluding tert-OH is 1. The lowest BCUT2D eigenvalue weighted by Crippen LogP contribution is -2.34. The normalized spacial score (nSPS) is 14.8. The van der Waals surface area contributed by atoms with Crippen molar-refractivity contribution in [1.29, 1.82) is 0 Å². The molecule has 0 aliphatic heterocycles. The van der Waals surface area contributed by atoms with Crippen molar-refractivity contribution in [2.45, 2.75) is 19.1 Å². The molecule has 1 unspecified atom stereocenters. The average molecular weight is 265 g/mol. The number of hydrogen-bond acceptors (Lipinski definition) is 3. The number of aliphatic hydroxyl groups is 2. The highest BCUT2D eigenvalue weighted by molar-refractivity contribution is 6.35. The first-order chi connectivity index (χ1) is 7.46. The van der Waals surface area contributed by atoms with Gasteiger partial charge in [-0.3, -0.25) is 0 Å². The predicted octanol–water partition coefficient (Wildman–Crippen LogP) is 2.25. The first-order valence-electron chi connectivity index (χ1n) is 4.80. The van der Waals surface area contributed by atoms with Crippen LogP contribution in [0.4, 0.5) is 0 Å². The van der Waals surface area contributed by atoms with Gasteiger partial charge in [0, 0.05) is 15.6 Å². The quantitative estimate of drug-likeness (QED) is 0.858. The fourth-order valence-electron chi connectivity index (χ4n) is 1.09. The second-order valence-corrected chi connectivity index (χ2v) is 4.66. The number of benzene rings is 1. The molecule has 0 bridgehead atoms. The number of ether oxygens (including phenoxy) is 1. The lowest BCUT2D eigenvalue weighted by atomic mass is 10.1. The van der Waals surface area contributed by atoms with Crippen molar-refractivity contribution in [1.82, 2.24) is 0 Å². The van der Waals surface area contributed by atoms with E-state index in [1.54, 1.807) is 18.2 Å². The van der Waals surface area contributed by atoms with Gasteiger partial charge in [-0.25, -0.2) is 0 Å². The molecule has 0 saturated carbocycles. The lowest BCUT2D eigenvalue weighted by molar-refractivity contribution is -0.0694. The molecule has 0 fully saturated rings. The summed E-state index contributed by atoms with van der Waals surface area (Å²) < 4.78 is 5.26. The van der Waals surface area contributed by atoms with E-state index in [0.717, 1.165) is 0 Å². The third-order valence-electron chi connectivity index (χ3n) is 2.06. The molecule has 1 aromatic rings. The smallest absolute Gasteiger partial charge is 0.108 e. The van der Waals surface area contributed by atoms with Gasteiger partial charge < -0.3 is 14.9 Å². The van der Waals surface area contributed by atoms with E-state index >= 15 is 0 Å². The van der Waals surface area contributed by atoms with E-state index < -0.39 is 5.60 Å². The van der Waals surface area contributed by atoms with Crippen molar-refractivity contribution in [3.63, 3.8) is 0 Å². The Morgan fingerprint density at radius 2 is 1.88 bits per heavy atom. The van der Waals surface area contributed by atoms with Crippen LogP contribution < -0.4 is 0 Å². The van der Waals surface area contributed by atoms with Crippen LogP contribution >= 0.6 is 23.2 Å². The predicted molar refractivity (Wildman–Crippen MR) is 63.8 cm³/mol. The Hall–Kier alpha value is -0.320. The van der Waals surface area contributed by atoms with Crippen LogP contribution in [0.15, 0.2) is 18.2 Å². The zero-order valence-corrected chi connectivity index (χ0v) is 10.4. The van der Waals surface area contributed by atoms with Crippen molar-refractivity contribution in [3.8, 4) is 0 Å². The summed E-state index contributed by atoms with van der Waals surface area (Å²) in [4.78, 5) is 0. The largest absolute Gasteiger partial charge is 0.393 e. The molecular formula is C11H14Cl2O3. The van der Waals surface area contributed by atoms with Crippen molar-refractivity contribution < 1.29 is 14.9 Å². The SMILES string of the molecule is CC(O)(CO)COCc1c(Cl)cccc1Cl. The van der Waals surface area contributed by atoms with Crippen LogP contribution in [0.5, 0.6) is 0 Å². The Morgan fingerprint density at radius 3 is 2.38 bits per heavy atom. The summed E-state index contributed by atoms with van der Waals surface area (Å²) in [7, 11) is 0. The molecule has 0 saturated heterocycles. The molecule has 0 aliphatic carbocycles. The molecule has 0 heterocycles. The molecule has 90 valence electrons. The van der Waals surface area contributed by atoms with Crippen LogP contribution in [-0.2, 0) is 11.3 Å². The van der Waals surface area contributed by atoms with E-state index in [4.69, 9.17) is 33.0 Å². The van der Waals surface area contributed by atoms with Gasteiger partial charge in [0.15, 0.2) is 0 Å². The van der Waals surface area contributed by atoms with Gasteiger partial charge in [0.05, 0.1) is 19.8 Å². The Morgan fingerprint density at radius 1 is 1.31 bits per heavy atom. The van der Waals surface area contributed by atoms with Gasteiger partial charge in [-0.2, -0.15) is 0 Å². The third kappa shape index (κ3) is 3.92. The van der Waals surface area contributed by atoms with E-state index in [1.807, 2.05) is 0 Å². The molecule has 5 heteroatoms. The third-order valence-corrected chi connectivity index (χ3v) is 2.77. The molecule has 0 spiro atoms. The molecule has 0 amide bonds. The Bertz CT molecular complexity index is 333. The van der Waals surface area contributed by atoms with Crippen LogP contribution in [0.3, 0.4) is 0 Å². The van der Waals surface area contributed by atoms with Crippen LogP contribution in [0.25, 0.3) is 0 Å². The van der Waals surface area contributed by atoms with E-state index in [2.05, 4.69) is 0 Å². The van der Waals surface area contributed by atoms with E-state index in [1.165, 1.54) is 6.92 Å². The first-order valence-corrected chi connectivity index (χ1v) is 5.56. The second kappa shape index (κ2) is 5.84. The lowest BCUT2D eigenvalue weighted by Gasteiger charge is -2.20. The number of halogens is 2. The first kappa shape index (κ1) is 13.7. The molecule has 3 nitrogen and oxygen atoms in total. The molecule has 0 aliphatic rings. The van der Waals surface area contributed by atoms with Gasteiger partial charge in [0.2, 0.25) is 0 Å². The van der Waals surface area contributed by atoms with Crippen molar-refractivity contribution in [2.75, 3.05) is 13.2 Å². The van der Waals surface area contributed by atoms with Crippen molar-refractivity contribution in [3.05, 3.63) is 33.8 Å². The minimum Gasteiger partial charge on any atom is -0.393 e. The topological polar surface area (TPSA) is 49.7 Å². The summed E-state index contributed by atoms with van der Waals surface area (Å²) >= 11 is 11.9. The molecular weight excluding hydrogens is 251 g/mol. The highest BCUT2D eigenvalue weighted by atomic mass is 35.5. The zero-order chi connectivity index (χ0) is 12.2. The van der Waals surface area contributed by atoms with Crippen LogP contribution in [0.2, 0.25) is 10.0 Å². The van der Waals surface area contributed by atoms with E-state index in [9.17, 15) is 5.11 Å². The van der Waals surface area contributed by atoms with E-state index in [-0.39, 0.29) is 19.8 Å². The van der Waals surface area contributed by atoms with Crippen molar-refractivity contribution in [2.24, 2.45) is 0 Å². The fourth-order valence-corrected chi connectivity index (χ4v) is 1.60. The summed E-state index contributed by atoms with van der Waals surface area (Å²) in [6.45, 7) is 1.35. The van der Waals surface area contributed by atoms with Gasteiger partial charge in [-0.1, -0.05) is 29.3 Å². The summed E-state index contributed by atoms with van der Waals surface area (Å²) in [5.41, 5.74) is -0.562. The Kier molecular flexibility index (Phi) is 5.02. The highest BCUT2D eigenvalue weighted by Gasteiger charge is 2.19.